The number of amides is 1. The van der Waals surface area contributed by atoms with Gasteiger partial charge in [-0.25, -0.2) is 4.98 Å². The maximum Gasteiger partial charge on any atom is 0.253 e. The van der Waals surface area contributed by atoms with Crippen LogP contribution in [-0.2, 0) is 0 Å². The highest BCUT2D eigenvalue weighted by Crippen LogP contribution is 2.30. The quantitative estimate of drug-likeness (QED) is 0.259. The van der Waals surface area contributed by atoms with Gasteiger partial charge in [0.15, 0.2) is 0 Å². The molecule has 2 heterocycles. The largest absolute Gasteiger partial charge is 0.354 e. The number of likely N-dealkylation sites (tertiary alicyclic amines) is 1. The van der Waals surface area contributed by atoms with E-state index in [9.17, 15) is 4.79 Å². The number of aryl methyl sites for hydroxylation is 1. The first-order valence-corrected chi connectivity index (χ1v) is 10.9. The summed E-state index contributed by atoms with van der Waals surface area (Å²) in [7, 11) is 0. The Morgan fingerprint density at radius 2 is 1.82 bits per heavy atom. The highest BCUT2D eigenvalue weighted by molar-refractivity contribution is 6.29. The molecule has 0 radical (unpaired) electrons. The maximum absolute atomic E-state index is 13.1. The van der Waals surface area contributed by atoms with E-state index >= 15 is 0 Å². The normalized spacial score (nSPS) is 13.5. The number of benzene rings is 2. The van der Waals surface area contributed by atoms with Crippen molar-refractivity contribution in [2.24, 2.45) is 0 Å². The molecule has 1 fully saturated rings. The first kappa shape index (κ1) is 24.2. The third-order valence-electron chi connectivity index (χ3n) is 5.78. The van der Waals surface area contributed by atoms with Crippen LogP contribution in [0.1, 0.15) is 45.8 Å². The first-order valence-electron chi connectivity index (χ1n) is 10.5. The summed E-state index contributed by atoms with van der Waals surface area (Å²) in [6, 6.07) is 19.3. The molecule has 0 aliphatic carbocycles. The van der Waals surface area contributed by atoms with Gasteiger partial charge in [-0.1, -0.05) is 29.8 Å². The molecule has 3 N–H and O–H groups in total. The van der Waals surface area contributed by atoms with Crippen LogP contribution in [0, 0.1) is 18.3 Å². The van der Waals surface area contributed by atoms with Crippen molar-refractivity contribution in [2.45, 2.75) is 25.7 Å². The SMILES string of the molecule is Cc1ccc(C(=O)N2CCC(c3ccc(C#N)cc3)CC2)cc1Nc1ccc(Cl)nc1.OO. The Hall–Kier alpha value is -3.44. The van der Waals surface area contributed by atoms with E-state index in [0.29, 0.717) is 22.2 Å². The number of carbonyl (C=O) groups excluding carboxylic acids is 1. The van der Waals surface area contributed by atoms with Crippen LogP contribution in [0.5, 0.6) is 0 Å². The van der Waals surface area contributed by atoms with E-state index in [1.54, 1.807) is 12.3 Å². The van der Waals surface area contributed by atoms with Gasteiger partial charge in [-0.05, 0) is 73.2 Å². The van der Waals surface area contributed by atoms with Crippen LogP contribution in [0.3, 0.4) is 0 Å². The van der Waals surface area contributed by atoms with Gasteiger partial charge in [0.2, 0.25) is 0 Å². The van der Waals surface area contributed by atoms with Gasteiger partial charge in [-0.15, -0.1) is 0 Å². The molecule has 1 aliphatic heterocycles. The minimum atomic E-state index is 0.0514. The van der Waals surface area contributed by atoms with E-state index < -0.39 is 0 Å². The molecule has 1 aromatic heterocycles. The molecule has 7 nitrogen and oxygen atoms in total. The summed E-state index contributed by atoms with van der Waals surface area (Å²) in [6.07, 6.45) is 3.51. The van der Waals surface area contributed by atoms with Crippen molar-refractivity contribution in [3.8, 4) is 6.07 Å². The minimum absolute atomic E-state index is 0.0514. The van der Waals surface area contributed by atoms with Gasteiger partial charge in [-0.2, -0.15) is 5.26 Å². The van der Waals surface area contributed by atoms with Crippen LogP contribution in [0.15, 0.2) is 60.8 Å². The smallest absolute Gasteiger partial charge is 0.253 e. The van der Waals surface area contributed by atoms with Crippen LogP contribution >= 0.6 is 11.6 Å². The zero-order valence-corrected chi connectivity index (χ0v) is 19.0. The fraction of sp³-hybridized carbons (Fsp3) is 0.240. The van der Waals surface area contributed by atoms with Gasteiger partial charge in [0.05, 0.1) is 23.5 Å². The van der Waals surface area contributed by atoms with Crippen LogP contribution in [0.2, 0.25) is 5.15 Å². The van der Waals surface area contributed by atoms with Crippen molar-refractivity contribution in [3.05, 3.63) is 88.2 Å². The number of hydrogen-bond acceptors (Lipinski definition) is 6. The number of halogens is 1. The third-order valence-corrected chi connectivity index (χ3v) is 6.01. The van der Waals surface area contributed by atoms with Gasteiger partial charge >= 0.3 is 0 Å². The molecule has 1 amide bonds. The molecule has 4 rings (SSSR count). The second-order valence-electron chi connectivity index (χ2n) is 7.82. The molecule has 0 spiro atoms. The molecule has 1 saturated heterocycles. The lowest BCUT2D eigenvalue weighted by Gasteiger charge is -2.32. The molecule has 3 aromatic rings. The van der Waals surface area contributed by atoms with E-state index in [4.69, 9.17) is 27.4 Å². The zero-order valence-electron chi connectivity index (χ0n) is 18.2. The van der Waals surface area contributed by atoms with Crippen LogP contribution in [0.4, 0.5) is 11.4 Å². The van der Waals surface area contributed by atoms with Crippen molar-refractivity contribution in [1.29, 1.82) is 5.26 Å². The number of nitriles is 1. The molecule has 170 valence electrons. The third kappa shape index (κ3) is 6.08. The maximum atomic E-state index is 13.1. The second-order valence-corrected chi connectivity index (χ2v) is 8.21. The van der Waals surface area contributed by atoms with Crippen molar-refractivity contribution in [3.63, 3.8) is 0 Å². The highest BCUT2D eigenvalue weighted by Gasteiger charge is 2.25. The van der Waals surface area contributed by atoms with Gasteiger partial charge < -0.3 is 10.2 Å². The van der Waals surface area contributed by atoms with Crippen molar-refractivity contribution in [1.82, 2.24) is 9.88 Å². The lowest BCUT2D eigenvalue weighted by Crippen LogP contribution is -2.37. The highest BCUT2D eigenvalue weighted by atomic mass is 35.5. The Morgan fingerprint density at radius 1 is 1.12 bits per heavy atom. The van der Waals surface area contributed by atoms with Crippen molar-refractivity contribution in [2.75, 3.05) is 18.4 Å². The molecule has 0 saturated carbocycles. The van der Waals surface area contributed by atoms with E-state index in [1.807, 2.05) is 60.4 Å². The average Bonchev–Trinajstić information content (AvgIpc) is 2.87. The van der Waals surface area contributed by atoms with Crippen LogP contribution in [0.25, 0.3) is 0 Å². The van der Waals surface area contributed by atoms with Crippen molar-refractivity contribution >= 4 is 28.9 Å². The summed E-state index contributed by atoms with van der Waals surface area (Å²) in [4.78, 5) is 19.1. The fourth-order valence-corrected chi connectivity index (χ4v) is 4.04. The summed E-state index contributed by atoms with van der Waals surface area (Å²) in [5.41, 5.74) is 5.33. The summed E-state index contributed by atoms with van der Waals surface area (Å²) < 4.78 is 0. The lowest BCUT2D eigenvalue weighted by atomic mass is 9.89. The molecule has 0 atom stereocenters. The molecule has 0 bridgehead atoms. The first-order chi connectivity index (χ1) is 16.0. The Labute approximate surface area is 197 Å². The Balaban J connectivity index is 0.00000149. The fourth-order valence-electron chi connectivity index (χ4n) is 3.92. The lowest BCUT2D eigenvalue weighted by molar-refractivity contribution is -0.176. The molecule has 0 unspecified atom stereocenters. The second kappa shape index (κ2) is 11.4. The number of anilines is 2. The van der Waals surface area contributed by atoms with Crippen LogP contribution in [-0.4, -0.2) is 39.4 Å². The predicted octanol–water partition coefficient (Wildman–Crippen LogP) is 5.70. The van der Waals surface area contributed by atoms with E-state index in [0.717, 1.165) is 42.9 Å². The number of nitrogens with one attached hydrogen (secondary N) is 1. The number of piperidine rings is 1. The monoisotopic (exact) mass is 464 g/mol. The van der Waals surface area contributed by atoms with E-state index in [-0.39, 0.29) is 5.91 Å². The van der Waals surface area contributed by atoms with E-state index in [2.05, 4.69) is 16.4 Å². The van der Waals surface area contributed by atoms with Gasteiger partial charge in [0.1, 0.15) is 5.15 Å². The van der Waals surface area contributed by atoms with E-state index in [1.165, 1.54) is 5.56 Å². The summed E-state index contributed by atoms with van der Waals surface area (Å²) in [5, 5.41) is 24.7. The molecular formula is C25H25ClN4O3. The minimum Gasteiger partial charge on any atom is -0.354 e. The number of nitrogens with zero attached hydrogens (tertiary/aromatic N) is 3. The summed E-state index contributed by atoms with van der Waals surface area (Å²) >= 11 is 5.86. The van der Waals surface area contributed by atoms with Crippen molar-refractivity contribution < 1.29 is 15.3 Å². The predicted molar refractivity (Wildman–Crippen MR) is 128 cm³/mol. The number of pyridine rings is 1. The Bertz CT molecular complexity index is 1120. The number of carbonyl (C=O) groups is 1. The van der Waals surface area contributed by atoms with Gasteiger partial charge in [0.25, 0.3) is 5.91 Å². The standard InChI is InChI=1S/C25H23ClN4O.H2O2/c1-17-2-5-21(14-23(17)29-22-8-9-24(26)28-16-22)25(31)30-12-10-20(11-13-30)19-6-3-18(15-27)4-7-19;1-2/h2-9,14,16,20,29H,10-13H2,1H3;1-2H. The zero-order chi connectivity index (χ0) is 23.8. The van der Waals surface area contributed by atoms with Crippen LogP contribution < -0.4 is 5.32 Å². The Morgan fingerprint density at radius 3 is 2.42 bits per heavy atom. The number of hydrogen-bond donors (Lipinski definition) is 3. The molecule has 1 aliphatic rings. The van der Waals surface area contributed by atoms with Gasteiger partial charge in [0, 0.05) is 24.3 Å². The number of rotatable bonds is 4. The Kier molecular flexibility index (Phi) is 8.39. The molecule has 2 aromatic carbocycles. The molecule has 8 heteroatoms. The van der Waals surface area contributed by atoms with Gasteiger partial charge in [-0.3, -0.25) is 15.3 Å². The molecular weight excluding hydrogens is 440 g/mol. The summed E-state index contributed by atoms with van der Waals surface area (Å²) in [5.74, 6) is 0.472. The topological polar surface area (TPSA) is 109 Å². The summed E-state index contributed by atoms with van der Waals surface area (Å²) in [6.45, 7) is 3.45. The average molecular weight is 465 g/mol. The number of aromatic nitrogens is 1. The molecule has 33 heavy (non-hydrogen) atoms.